The molecule has 0 aliphatic rings. The van der Waals surface area contributed by atoms with Crippen LogP contribution in [0.3, 0.4) is 0 Å². The van der Waals surface area contributed by atoms with Gasteiger partial charge in [0.25, 0.3) is 0 Å². The smallest absolute Gasteiger partial charge is 0.133 e. The van der Waals surface area contributed by atoms with Crippen LogP contribution < -0.4 is 0 Å². The highest BCUT2D eigenvalue weighted by Gasteiger charge is 2.13. The number of fused-ring (bicyclic) bond motifs is 1. The number of alkyl halides is 1. The molecule has 5 heteroatoms. The van der Waals surface area contributed by atoms with Crippen molar-refractivity contribution in [1.29, 1.82) is 0 Å². The van der Waals surface area contributed by atoms with Crippen molar-refractivity contribution in [2.45, 2.75) is 26.8 Å². The van der Waals surface area contributed by atoms with E-state index in [0.717, 1.165) is 34.7 Å². The molecule has 0 N–H and O–H groups in total. The molecule has 0 aliphatic carbocycles. The quantitative estimate of drug-likeness (QED) is 0.691. The van der Waals surface area contributed by atoms with Gasteiger partial charge in [0.2, 0.25) is 0 Å². The number of para-hydroxylation sites is 1. The average Bonchev–Trinajstić information content (AvgIpc) is 2.96. The Morgan fingerprint density at radius 1 is 1.30 bits per heavy atom. The van der Waals surface area contributed by atoms with Crippen LogP contribution >= 0.6 is 11.6 Å². The van der Waals surface area contributed by atoms with Crippen LogP contribution in [0.25, 0.3) is 11.0 Å². The molecule has 20 heavy (non-hydrogen) atoms. The van der Waals surface area contributed by atoms with Crippen molar-refractivity contribution in [3.8, 4) is 0 Å². The second-order valence-electron chi connectivity index (χ2n) is 4.92. The first-order valence-corrected chi connectivity index (χ1v) is 7.15. The molecule has 3 rings (SSSR count). The van der Waals surface area contributed by atoms with Gasteiger partial charge in [-0.05, 0) is 25.5 Å². The molecule has 0 saturated carbocycles. The van der Waals surface area contributed by atoms with Gasteiger partial charge in [-0.15, -0.1) is 11.6 Å². The summed E-state index contributed by atoms with van der Waals surface area (Å²) in [5, 5.41) is 4.07. The third kappa shape index (κ3) is 2.31. The Bertz CT molecular complexity index is 745. The standard InChI is InChI=1S/C15H16ClN3O/c1-10-4-3-5-13-15(10)19(14(17-13)6-7-16)9-12-8-11(2)20-18-12/h3-5,8H,6-7,9H2,1-2H3. The van der Waals surface area contributed by atoms with Gasteiger partial charge >= 0.3 is 0 Å². The fourth-order valence-electron chi connectivity index (χ4n) is 2.51. The molecule has 0 unspecified atom stereocenters. The molecule has 0 fully saturated rings. The average molecular weight is 290 g/mol. The lowest BCUT2D eigenvalue weighted by Gasteiger charge is -2.07. The van der Waals surface area contributed by atoms with Crippen LogP contribution in [-0.4, -0.2) is 20.6 Å². The first-order chi connectivity index (χ1) is 9.69. The maximum Gasteiger partial charge on any atom is 0.133 e. The molecular weight excluding hydrogens is 274 g/mol. The minimum Gasteiger partial charge on any atom is -0.361 e. The van der Waals surface area contributed by atoms with Crippen LogP contribution in [0.5, 0.6) is 0 Å². The van der Waals surface area contributed by atoms with Crippen molar-refractivity contribution in [2.24, 2.45) is 0 Å². The van der Waals surface area contributed by atoms with Gasteiger partial charge in [0.15, 0.2) is 0 Å². The number of rotatable bonds is 4. The van der Waals surface area contributed by atoms with Gasteiger partial charge in [0.05, 0.1) is 17.6 Å². The lowest BCUT2D eigenvalue weighted by atomic mass is 10.2. The summed E-state index contributed by atoms with van der Waals surface area (Å²) in [6.45, 7) is 4.65. The number of hydrogen-bond acceptors (Lipinski definition) is 3. The van der Waals surface area contributed by atoms with E-state index in [-0.39, 0.29) is 0 Å². The molecule has 0 bridgehead atoms. The largest absolute Gasteiger partial charge is 0.361 e. The van der Waals surface area contributed by atoms with E-state index in [1.165, 1.54) is 5.56 Å². The molecule has 3 aromatic rings. The van der Waals surface area contributed by atoms with Gasteiger partial charge in [-0.25, -0.2) is 4.98 Å². The number of imidazole rings is 1. The predicted molar refractivity (Wildman–Crippen MR) is 79.2 cm³/mol. The number of benzene rings is 1. The van der Waals surface area contributed by atoms with Crippen LogP contribution in [0, 0.1) is 13.8 Å². The molecule has 0 atom stereocenters. The second-order valence-corrected chi connectivity index (χ2v) is 5.30. The summed E-state index contributed by atoms with van der Waals surface area (Å²) >= 11 is 5.90. The van der Waals surface area contributed by atoms with Crippen molar-refractivity contribution in [2.75, 3.05) is 5.88 Å². The fourth-order valence-corrected chi connectivity index (χ4v) is 2.68. The van der Waals surface area contributed by atoms with Gasteiger partial charge in [0, 0.05) is 18.4 Å². The van der Waals surface area contributed by atoms with E-state index in [0.29, 0.717) is 12.4 Å². The maximum absolute atomic E-state index is 5.90. The van der Waals surface area contributed by atoms with Gasteiger partial charge in [-0.2, -0.15) is 0 Å². The Morgan fingerprint density at radius 2 is 2.15 bits per heavy atom. The van der Waals surface area contributed by atoms with Crippen molar-refractivity contribution in [3.05, 3.63) is 47.1 Å². The van der Waals surface area contributed by atoms with Crippen LogP contribution in [0.2, 0.25) is 0 Å². The summed E-state index contributed by atoms with van der Waals surface area (Å²) in [4.78, 5) is 4.69. The molecule has 1 aromatic carbocycles. The van der Waals surface area contributed by atoms with E-state index in [9.17, 15) is 0 Å². The number of halogens is 1. The number of nitrogens with zero attached hydrogens (tertiary/aromatic N) is 3. The van der Waals surface area contributed by atoms with E-state index in [2.05, 4.69) is 27.7 Å². The maximum atomic E-state index is 5.90. The highest BCUT2D eigenvalue weighted by Crippen LogP contribution is 2.22. The molecule has 4 nitrogen and oxygen atoms in total. The zero-order chi connectivity index (χ0) is 14.1. The van der Waals surface area contributed by atoms with Gasteiger partial charge in [-0.3, -0.25) is 0 Å². The highest BCUT2D eigenvalue weighted by molar-refractivity contribution is 6.17. The number of hydrogen-bond donors (Lipinski definition) is 0. The fraction of sp³-hybridized carbons (Fsp3) is 0.333. The van der Waals surface area contributed by atoms with Crippen LogP contribution in [-0.2, 0) is 13.0 Å². The molecular formula is C15H16ClN3O. The Kier molecular flexibility index (Phi) is 3.49. The predicted octanol–water partition coefficient (Wildman–Crippen LogP) is 3.47. The molecule has 0 saturated heterocycles. The highest BCUT2D eigenvalue weighted by atomic mass is 35.5. The SMILES string of the molecule is Cc1cc(Cn2c(CCCl)nc3cccc(C)c32)no1. The first kappa shape index (κ1) is 13.2. The van der Waals surface area contributed by atoms with E-state index in [1.54, 1.807) is 0 Å². The lowest BCUT2D eigenvalue weighted by Crippen LogP contribution is -2.06. The van der Waals surface area contributed by atoms with Crippen LogP contribution in [0.4, 0.5) is 0 Å². The molecule has 104 valence electrons. The first-order valence-electron chi connectivity index (χ1n) is 6.62. The molecule has 0 aliphatic heterocycles. The third-order valence-corrected chi connectivity index (χ3v) is 3.55. The van der Waals surface area contributed by atoms with E-state index < -0.39 is 0 Å². The van der Waals surface area contributed by atoms with Crippen LogP contribution in [0.1, 0.15) is 22.8 Å². The summed E-state index contributed by atoms with van der Waals surface area (Å²) in [5.74, 6) is 2.37. The third-order valence-electron chi connectivity index (χ3n) is 3.36. The Morgan fingerprint density at radius 3 is 2.85 bits per heavy atom. The minimum atomic E-state index is 0.556. The van der Waals surface area contributed by atoms with Crippen LogP contribution in [0.15, 0.2) is 28.8 Å². The Balaban J connectivity index is 2.12. The van der Waals surface area contributed by atoms with Gasteiger partial charge < -0.3 is 9.09 Å². The summed E-state index contributed by atoms with van der Waals surface area (Å²) in [6.07, 6.45) is 0.743. The zero-order valence-corrected chi connectivity index (χ0v) is 12.3. The Labute approximate surface area is 122 Å². The van der Waals surface area contributed by atoms with E-state index >= 15 is 0 Å². The zero-order valence-electron chi connectivity index (χ0n) is 11.6. The van der Waals surface area contributed by atoms with Crippen molar-refractivity contribution >= 4 is 22.6 Å². The minimum absolute atomic E-state index is 0.556. The van der Waals surface area contributed by atoms with Crippen molar-refractivity contribution < 1.29 is 4.52 Å². The monoisotopic (exact) mass is 289 g/mol. The normalized spacial score (nSPS) is 11.3. The number of aromatic nitrogens is 3. The van der Waals surface area contributed by atoms with Crippen molar-refractivity contribution in [3.63, 3.8) is 0 Å². The van der Waals surface area contributed by atoms with Gasteiger partial charge in [-0.1, -0.05) is 17.3 Å². The molecule has 0 radical (unpaired) electrons. The van der Waals surface area contributed by atoms with Gasteiger partial charge in [0.1, 0.15) is 17.3 Å². The topological polar surface area (TPSA) is 43.9 Å². The lowest BCUT2D eigenvalue weighted by molar-refractivity contribution is 0.389. The summed E-state index contributed by atoms with van der Waals surface area (Å²) in [5.41, 5.74) is 4.26. The van der Waals surface area contributed by atoms with E-state index in [4.69, 9.17) is 16.1 Å². The summed E-state index contributed by atoms with van der Waals surface area (Å²) in [7, 11) is 0. The summed E-state index contributed by atoms with van der Waals surface area (Å²) < 4.78 is 7.33. The van der Waals surface area contributed by atoms with E-state index in [1.807, 2.05) is 25.1 Å². The molecule has 2 heterocycles. The Hall–Kier alpha value is -1.81. The molecule has 0 spiro atoms. The molecule has 2 aromatic heterocycles. The van der Waals surface area contributed by atoms with Crippen molar-refractivity contribution in [1.82, 2.24) is 14.7 Å². The number of aryl methyl sites for hydroxylation is 3. The second kappa shape index (κ2) is 5.29. The summed E-state index contributed by atoms with van der Waals surface area (Å²) in [6, 6.07) is 8.11. The molecule has 0 amide bonds.